The van der Waals surface area contributed by atoms with Crippen LogP contribution < -0.4 is 4.72 Å². The molecule has 92 valence electrons. The molecule has 1 rings (SSSR count). The molecule has 0 bridgehead atoms. The largest absolute Gasteiger partial charge is 0.274 e. The molecule has 1 N–H and O–H groups in total. The summed E-state index contributed by atoms with van der Waals surface area (Å²) in [7, 11) is -1.77. The van der Waals surface area contributed by atoms with Crippen molar-refractivity contribution >= 4 is 10.0 Å². The number of nitrogens with one attached hydrogen (secondary N) is 1. The van der Waals surface area contributed by atoms with Crippen LogP contribution in [-0.4, -0.2) is 23.7 Å². The second-order valence-corrected chi connectivity index (χ2v) is 6.25. The Kier molecular flexibility index (Phi) is 3.44. The number of rotatable bonds is 4. The lowest BCUT2D eigenvalue weighted by atomic mass is 10.0. The van der Waals surface area contributed by atoms with Gasteiger partial charge in [0.05, 0.1) is 5.69 Å². The fourth-order valence-corrected chi connectivity index (χ4v) is 3.04. The highest BCUT2D eigenvalue weighted by Crippen LogP contribution is 2.17. The van der Waals surface area contributed by atoms with Gasteiger partial charge in [-0.2, -0.15) is 5.10 Å². The molecule has 0 spiro atoms. The molecule has 0 fully saturated rings. The maximum atomic E-state index is 12.1. The number of hydrogen-bond donors (Lipinski definition) is 1. The molecular formula is C10H19N3O2S. The Hall–Kier alpha value is -0.880. The van der Waals surface area contributed by atoms with Crippen molar-refractivity contribution in [1.29, 1.82) is 0 Å². The summed E-state index contributed by atoms with van der Waals surface area (Å²) in [4.78, 5) is 0.247. The van der Waals surface area contributed by atoms with E-state index in [1.807, 2.05) is 20.8 Å². The first-order chi connectivity index (χ1) is 7.18. The molecule has 0 aliphatic heterocycles. The minimum Gasteiger partial charge on any atom is -0.274 e. The molecule has 0 aromatic carbocycles. The summed E-state index contributed by atoms with van der Waals surface area (Å²) >= 11 is 0. The molecule has 1 aromatic rings. The Morgan fingerprint density at radius 2 is 2.06 bits per heavy atom. The number of aryl methyl sites for hydroxylation is 2. The Labute approximate surface area is 96.9 Å². The van der Waals surface area contributed by atoms with Crippen LogP contribution in [0.5, 0.6) is 0 Å². The smallest absolute Gasteiger partial charge is 0.244 e. The van der Waals surface area contributed by atoms with E-state index in [1.165, 1.54) is 10.9 Å². The average Bonchev–Trinajstić information content (AvgIpc) is 2.44. The van der Waals surface area contributed by atoms with E-state index < -0.39 is 15.6 Å². The first-order valence-electron chi connectivity index (χ1n) is 5.22. The summed E-state index contributed by atoms with van der Waals surface area (Å²) in [6, 6.07) is 0. The van der Waals surface area contributed by atoms with Crippen molar-refractivity contribution in [1.82, 2.24) is 14.5 Å². The summed E-state index contributed by atoms with van der Waals surface area (Å²) in [5.41, 5.74) is 0.0723. The monoisotopic (exact) mass is 245 g/mol. The van der Waals surface area contributed by atoms with E-state index >= 15 is 0 Å². The van der Waals surface area contributed by atoms with Gasteiger partial charge in [0, 0.05) is 18.8 Å². The number of nitrogens with zero attached hydrogens (tertiary/aromatic N) is 2. The summed E-state index contributed by atoms with van der Waals surface area (Å²) < 4.78 is 28.3. The van der Waals surface area contributed by atoms with Gasteiger partial charge in [-0.05, 0) is 27.2 Å². The molecule has 0 saturated heterocycles. The van der Waals surface area contributed by atoms with E-state index in [9.17, 15) is 8.42 Å². The van der Waals surface area contributed by atoms with Gasteiger partial charge in [-0.25, -0.2) is 13.1 Å². The summed E-state index contributed by atoms with van der Waals surface area (Å²) in [6.07, 6.45) is 2.24. The van der Waals surface area contributed by atoms with E-state index in [0.717, 1.165) is 6.42 Å². The van der Waals surface area contributed by atoms with Gasteiger partial charge in [0.2, 0.25) is 10.0 Å². The van der Waals surface area contributed by atoms with E-state index in [-0.39, 0.29) is 4.90 Å². The first-order valence-corrected chi connectivity index (χ1v) is 6.70. The fraction of sp³-hybridized carbons (Fsp3) is 0.700. The summed E-state index contributed by atoms with van der Waals surface area (Å²) in [5, 5.41) is 4.03. The predicted octanol–water partition coefficient (Wildman–Crippen LogP) is 1.20. The Morgan fingerprint density at radius 3 is 2.44 bits per heavy atom. The van der Waals surface area contributed by atoms with Crippen LogP contribution in [0.1, 0.15) is 32.9 Å². The molecule has 0 aliphatic carbocycles. The van der Waals surface area contributed by atoms with Crippen molar-refractivity contribution in [3.05, 3.63) is 11.9 Å². The van der Waals surface area contributed by atoms with Gasteiger partial charge in [-0.3, -0.25) is 4.68 Å². The molecule has 0 unspecified atom stereocenters. The van der Waals surface area contributed by atoms with Gasteiger partial charge in [0.25, 0.3) is 0 Å². The number of hydrogen-bond acceptors (Lipinski definition) is 3. The lowest BCUT2D eigenvalue weighted by Crippen LogP contribution is -2.42. The molecular weight excluding hydrogens is 226 g/mol. The number of sulfonamides is 1. The van der Waals surface area contributed by atoms with E-state index in [2.05, 4.69) is 9.82 Å². The maximum absolute atomic E-state index is 12.1. The molecule has 5 nitrogen and oxygen atoms in total. The number of aromatic nitrogens is 2. The zero-order valence-corrected chi connectivity index (χ0v) is 11.2. The highest BCUT2D eigenvalue weighted by Gasteiger charge is 2.27. The second kappa shape index (κ2) is 4.18. The minimum atomic E-state index is -3.47. The Balaban J connectivity index is 3.09. The molecule has 0 atom stereocenters. The zero-order valence-electron chi connectivity index (χ0n) is 10.4. The average molecular weight is 245 g/mol. The standard InChI is InChI=1S/C10H19N3O2S/c1-6-10(3,4)12-16(14,15)9-7-13(5)11-8(9)2/h7,12H,6H2,1-5H3. The minimum absolute atomic E-state index is 0.247. The molecule has 1 aromatic heterocycles. The van der Waals surface area contributed by atoms with Crippen molar-refractivity contribution in [3.8, 4) is 0 Å². The highest BCUT2D eigenvalue weighted by atomic mass is 32.2. The van der Waals surface area contributed by atoms with Gasteiger partial charge < -0.3 is 0 Å². The molecule has 0 saturated carbocycles. The van der Waals surface area contributed by atoms with Gasteiger partial charge in [0.1, 0.15) is 4.90 Å². The van der Waals surface area contributed by atoms with Gasteiger partial charge in [-0.1, -0.05) is 6.92 Å². The van der Waals surface area contributed by atoms with E-state index in [0.29, 0.717) is 5.69 Å². The zero-order chi connectivity index (χ0) is 12.6. The normalized spacial score (nSPS) is 13.1. The molecule has 0 amide bonds. The van der Waals surface area contributed by atoms with Gasteiger partial charge in [-0.15, -0.1) is 0 Å². The van der Waals surface area contributed by atoms with Crippen molar-refractivity contribution in [3.63, 3.8) is 0 Å². The third kappa shape index (κ3) is 2.82. The van der Waals surface area contributed by atoms with Crippen LogP contribution in [0.4, 0.5) is 0 Å². The van der Waals surface area contributed by atoms with Crippen molar-refractivity contribution in [2.24, 2.45) is 7.05 Å². The van der Waals surface area contributed by atoms with Crippen LogP contribution in [-0.2, 0) is 17.1 Å². The molecule has 1 heterocycles. The van der Waals surface area contributed by atoms with Crippen molar-refractivity contribution in [2.45, 2.75) is 44.6 Å². The van der Waals surface area contributed by atoms with Crippen LogP contribution in [0.15, 0.2) is 11.1 Å². The molecule has 16 heavy (non-hydrogen) atoms. The Morgan fingerprint density at radius 1 is 1.50 bits per heavy atom. The van der Waals surface area contributed by atoms with Gasteiger partial charge in [0.15, 0.2) is 0 Å². The van der Waals surface area contributed by atoms with Crippen LogP contribution in [0.3, 0.4) is 0 Å². The van der Waals surface area contributed by atoms with Crippen molar-refractivity contribution in [2.75, 3.05) is 0 Å². The summed E-state index contributed by atoms with van der Waals surface area (Å²) in [5.74, 6) is 0. The Bertz CT molecular complexity index is 474. The lowest BCUT2D eigenvalue weighted by molar-refractivity contribution is 0.439. The van der Waals surface area contributed by atoms with Crippen LogP contribution in [0.2, 0.25) is 0 Å². The van der Waals surface area contributed by atoms with Gasteiger partial charge >= 0.3 is 0 Å². The van der Waals surface area contributed by atoms with E-state index in [4.69, 9.17) is 0 Å². The predicted molar refractivity (Wildman–Crippen MR) is 62.6 cm³/mol. The quantitative estimate of drug-likeness (QED) is 0.866. The van der Waals surface area contributed by atoms with Crippen LogP contribution >= 0.6 is 0 Å². The first kappa shape index (κ1) is 13.2. The van der Waals surface area contributed by atoms with Crippen molar-refractivity contribution < 1.29 is 8.42 Å². The van der Waals surface area contributed by atoms with Crippen LogP contribution in [0, 0.1) is 6.92 Å². The molecule has 6 heteroatoms. The fourth-order valence-electron chi connectivity index (χ4n) is 1.33. The molecule has 0 radical (unpaired) electrons. The third-order valence-corrected chi connectivity index (χ3v) is 4.35. The SMILES string of the molecule is CCC(C)(C)NS(=O)(=O)c1cn(C)nc1C. The third-order valence-electron chi connectivity index (χ3n) is 2.55. The molecule has 0 aliphatic rings. The topological polar surface area (TPSA) is 64.0 Å². The lowest BCUT2D eigenvalue weighted by Gasteiger charge is -2.23. The maximum Gasteiger partial charge on any atom is 0.244 e. The summed E-state index contributed by atoms with van der Waals surface area (Å²) in [6.45, 7) is 7.35. The second-order valence-electron chi connectivity index (χ2n) is 4.60. The highest BCUT2D eigenvalue weighted by molar-refractivity contribution is 7.89. The van der Waals surface area contributed by atoms with E-state index in [1.54, 1.807) is 14.0 Å². The van der Waals surface area contributed by atoms with Crippen LogP contribution in [0.25, 0.3) is 0 Å².